The van der Waals surface area contributed by atoms with E-state index in [0.29, 0.717) is 17.7 Å². The minimum absolute atomic E-state index is 0.327. The molecule has 1 saturated heterocycles. The third-order valence-corrected chi connectivity index (χ3v) is 3.48. The lowest BCUT2D eigenvalue weighted by Crippen LogP contribution is -2.22. The average molecular weight is 311 g/mol. The van der Waals surface area contributed by atoms with Crippen LogP contribution in [0.25, 0.3) is 0 Å². The zero-order valence-corrected chi connectivity index (χ0v) is 14.1. The molecule has 0 aliphatic carbocycles. The monoisotopic (exact) mass is 311 g/mol. The summed E-state index contributed by atoms with van der Waals surface area (Å²) in [5.74, 6) is 0.205. The molecule has 1 aliphatic rings. The van der Waals surface area contributed by atoms with Crippen molar-refractivity contribution in [1.82, 2.24) is 4.90 Å². The van der Waals surface area contributed by atoms with Gasteiger partial charge < -0.3 is 14.7 Å². The van der Waals surface area contributed by atoms with E-state index < -0.39 is 6.10 Å². The van der Waals surface area contributed by atoms with Crippen LogP contribution < -0.4 is 4.74 Å². The van der Waals surface area contributed by atoms with Crippen LogP contribution in [0.15, 0.2) is 31.4 Å². The molecule has 1 heterocycles. The van der Waals surface area contributed by atoms with Gasteiger partial charge in [0.25, 0.3) is 0 Å². The van der Waals surface area contributed by atoms with Crippen LogP contribution in [0.5, 0.6) is 5.75 Å². The predicted molar refractivity (Wildman–Crippen MR) is 90.8 cm³/mol. The van der Waals surface area contributed by atoms with E-state index in [2.05, 4.69) is 18.1 Å². The third-order valence-electron chi connectivity index (χ3n) is 3.48. The highest BCUT2D eigenvalue weighted by Gasteiger charge is 2.17. The molecule has 3 nitrogen and oxygen atoms in total. The Morgan fingerprint density at radius 1 is 1.27 bits per heavy atom. The summed E-state index contributed by atoms with van der Waals surface area (Å²) < 4.78 is 18.7. The van der Waals surface area contributed by atoms with Crippen LogP contribution in [-0.2, 0) is 0 Å². The number of rotatable bonds is 5. The molecule has 126 valence electrons. The fraction of sp³-hybridized carbons (Fsp3) is 0.556. The predicted octanol–water partition coefficient (Wildman–Crippen LogP) is 4.18. The maximum atomic E-state index is 13.6. The van der Waals surface area contributed by atoms with Crippen LogP contribution in [0, 0.1) is 5.82 Å². The second-order valence-corrected chi connectivity index (χ2v) is 4.74. The number of hydrogen-bond acceptors (Lipinski definition) is 3. The number of ether oxygens (including phenoxy) is 1. The quantitative estimate of drug-likeness (QED) is 0.828. The van der Waals surface area contributed by atoms with Gasteiger partial charge >= 0.3 is 0 Å². The summed E-state index contributed by atoms with van der Waals surface area (Å²) in [6, 6.07) is 4.48. The molecule has 0 bridgehead atoms. The van der Waals surface area contributed by atoms with Crippen molar-refractivity contribution < 1.29 is 14.2 Å². The van der Waals surface area contributed by atoms with Gasteiger partial charge in [-0.25, -0.2) is 4.39 Å². The van der Waals surface area contributed by atoms with E-state index >= 15 is 0 Å². The average Bonchev–Trinajstić information content (AvgIpc) is 3.10. The van der Waals surface area contributed by atoms with Crippen LogP contribution in [-0.4, -0.2) is 36.8 Å². The second-order valence-electron chi connectivity index (χ2n) is 4.74. The normalized spacial score (nSPS) is 15.1. The van der Waals surface area contributed by atoms with E-state index in [1.165, 1.54) is 26.0 Å². The molecule has 0 radical (unpaired) electrons. The summed E-state index contributed by atoms with van der Waals surface area (Å²) in [5, 5.41) is 10.1. The molecule has 0 aromatic heterocycles. The van der Waals surface area contributed by atoms with Crippen molar-refractivity contribution in [1.29, 1.82) is 0 Å². The van der Waals surface area contributed by atoms with Crippen LogP contribution >= 0.6 is 0 Å². The maximum Gasteiger partial charge on any atom is 0.129 e. The Kier molecular flexibility index (Phi) is 11.4. The van der Waals surface area contributed by atoms with Gasteiger partial charge in [-0.1, -0.05) is 13.8 Å². The smallest absolute Gasteiger partial charge is 0.129 e. The van der Waals surface area contributed by atoms with E-state index in [0.717, 1.165) is 19.6 Å². The maximum absolute atomic E-state index is 13.6. The third kappa shape index (κ3) is 6.58. The van der Waals surface area contributed by atoms with Crippen molar-refractivity contribution in [2.75, 3.05) is 26.7 Å². The number of hydrogen-bond donors (Lipinski definition) is 1. The molecule has 1 aromatic carbocycles. The summed E-state index contributed by atoms with van der Waals surface area (Å²) in [7, 11) is 1.54. The number of benzene rings is 1. The van der Waals surface area contributed by atoms with Crippen molar-refractivity contribution in [3.63, 3.8) is 0 Å². The molecule has 1 N–H and O–H groups in total. The van der Waals surface area contributed by atoms with E-state index in [-0.39, 0.29) is 5.82 Å². The summed E-state index contributed by atoms with van der Waals surface area (Å²) >= 11 is 0. The van der Waals surface area contributed by atoms with Gasteiger partial charge in [-0.2, -0.15) is 0 Å². The first-order chi connectivity index (χ1) is 10.7. The Morgan fingerprint density at radius 2 is 1.86 bits per heavy atom. The molecule has 4 heteroatoms. The van der Waals surface area contributed by atoms with Gasteiger partial charge in [-0.15, -0.1) is 13.2 Å². The Morgan fingerprint density at radius 3 is 2.41 bits per heavy atom. The van der Waals surface area contributed by atoms with Crippen LogP contribution in [0.2, 0.25) is 0 Å². The van der Waals surface area contributed by atoms with Crippen LogP contribution in [0.3, 0.4) is 0 Å². The number of aliphatic hydroxyl groups is 1. The molecule has 0 saturated carbocycles. The molecule has 0 amide bonds. The summed E-state index contributed by atoms with van der Waals surface area (Å²) in [4.78, 5) is 2.31. The Labute approximate surface area is 134 Å². The molecular weight excluding hydrogens is 281 g/mol. The fourth-order valence-corrected chi connectivity index (χ4v) is 2.37. The van der Waals surface area contributed by atoms with Gasteiger partial charge in [0.2, 0.25) is 0 Å². The number of nitrogens with zero attached hydrogens (tertiary/aromatic N) is 1. The van der Waals surface area contributed by atoms with Crippen molar-refractivity contribution in [2.45, 2.75) is 39.2 Å². The highest BCUT2D eigenvalue weighted by Crippen LogP contribution is 2.25. The van der Waals surface area contributed by atoms with Crippen molar-refractivity contribution in [3.05, 3.63) is 42.7 Å². The topological polar surface area (TPSA) is 32.7 Å². The molecule has 22 heavy (non-hydrogen) atoms. The van der Waals surface area contributed by atoms with E-state index in [1.807, 2.05) is 13.8 Å². The lowest BCUT2D eigenvalue weighted by Gasteiger charge is -2.18. The SMILES string of the molecule is C=C.CC.COc1ccc(F)c(C(O)CCN2CCCC2)c1. The number of likely N-dealkylation sites (tertiary alicyclic amines) is 1. The highest BCUT2D eigenvalue weighted by molar-refractivity contribution is 5.31. The van der Waals surface area contributed by atoms with Crippen molar-refractivity contribution >= 4 is 0 Å². The fourth-order valence-electron chi connectivity index (χ4n) is 2.37. The molecule has 1 aliphatic heterocycles. The van der Waals surface area contributed by atoms with Crippen molar-refractivity contribution in [3.8, 4) is 5.75 Å². The first-order valence-corrected chi connectivity index (χ1v) is 7.94. The number of aliphatic hydroxyl groups excluding tert-OH is 1. The summed E-state index contributed by atoms with van der Waals surface area (Å²) in [5.41, 5.74) is 0.327. The van der Waals surface area contributed by atoms with Gasteiger partial charge in [0.1, 0.15) is 11.6 Å². The summed E-state index contributed by atoms with van der Waals surface area (Å²) in [6.07, 6.45) is 2.25. The Balaban J connectivity index is 0.00000102. The van der Waals surface area contributed by atoms with Crippen LogP contribution in [0.1, 0.15) is 44.8 Å². The number of methoxy groups -OCH3 is 1. The van der Waals surface area contributed by atoms with Gasteiger partial charge in [0, 0.05) is 12.1 Å². The second kappa shape index (κ2) is 12.2. The zero-order chi connectivity index (χ0) is 17.0. The molecule has 1 unspecified atom stereocenters. The largest absolute Gasteiger partial charge is 0.497 e. The van der Waals surface area contributed by atoms with Crippen molar-refractivity contribution in [2.24, 2.45) is 0 Å². The minimum atomic E-state index is -0.763. The molecule has 0 spiro atoms. The first kappa shape index (κ1) is 20.6. The minimum Gasteiger partial charge on any atom is -0.497 e. The Hall–Kier alpha value is -1.39. The van der Waals surface area contributed by atoms with Gasteiger partial charge in [-0.05, 0) is 50.6 Å². The highest BCUT2D eigenvalue weighted by atomic mass is 19.1. The summed E-state index contributed by atoms with van der Waals surface area (Å²) in [6.45, 7) is 13.0. The van der Waals surface area contributed by atoms with E-state index in [9.17, 15) is 9.50 Å². The molecular formula is C18H30FNO2. The van der Waals surface area contributed by atoms with Crippen LogP contribution in [0.4, 0.5) is 4.39 Å². The first-order valence-electron chi connectivity index (χ1n) is 7.94. The van der Waals surface area contributed by atoms with Gasteiger partial charge in [0.15, 0.2) is 0 Å². The molecule has 2 rings (SSSR count). The standard InChI is InChI=1S/C14H20FNO2.C2H6.C2H4/c1-18-11-4-5-13(15)12(10-11)14(17)6-9-16-7-2-3-8-16;2*1-2/h4-5,10,14,17H,2-3,6-9H2,1H3;1-2H3;1-2H2. The van der Waals surface area contributed by atoms with E-state index in [1.54, 1.807) is 12.1 Å². The zero-order valence-electron chi connectivity index (χ0n) is 14.1. The van der Waals surface area contributed by atoms with Gasteiger partial charge in [0.05, 0.1) is 13.2 Å². The Bertz CT molecular complexity index is 406. The lowest BCUT2D eigenvalue weighted by atomic mass is 10.1. The molecule has 1 atom stereocenters. The number of halogens is 1. The molecule has 1 aromatic rings. The van der Waals surface area contributed by atoms with E-state index in [4.69, 9.17) is 4.74 Å². The lowest BCUT2D eigenvalue weighted by molar-refractivity contribution is 0.144. The van der Waals surface area contributed by atoms with Gasteiger partial charge in [-0.3, -0.25) is 0 Å². The molecule has 1 fully saturated rings.